The van der Waals surface area contributed by atoms with Crippen LogP contribution >= 0.6 is 0 Å². The first-order valence-electron chi connectivity index (χ1n) is 6.93. The van der Waals surface area contributed by atoms with Gasteiger partial charge in [-0.15, -0.1) is 0 Å². The van der Waals surface area contributed by atoms with E-state index in [4.69, 9.17) is 0 Å². The lowest BCUT2D eigenvalue weighted by atomic mass is 10.00. The Kier molecular flexibility index (Phi) is 4.05. The lowest BCUT2D eigenvalue weighted by Gasteiger charge is -2.40. The maximum atomic E-state index is 11.9. The van der Waals surface area contributed by atoms with Crippen molar-refractivity contribution in [1.82, 2.24) is 15.8 Å². The minimum atomic E-state index is -0.126. The number of carbonyl (C=O) groups is 1. The van der Waals surface area contributed by atoms with Crippen molar-refractivity contribution in [3.8, 4) is 0 Å². The van der Waals surface area contributed by atoms with Crippen molar-refractivity contribution in [1.29, 1.82) is 0 Å². The third-order valence-corrected chi connectivity index (χ3v) is 3.85. The van der Waals surface area contributed by atoms with Crippen molar-refractivity contribution in [2.45, 2.75) is 77.0 Å². The van der Waals surface area contributed by atoms with Gasteiger partial charge in [0.25, 0.3) is 0 Å². The van der Waals surface area contributed by atoms with E-state index in [-0.39, 0.29) is 11.9 Å². The first kappa shape index (κ1) is 12.8. The van der Waals surface area contributed by atoms with Gasteiger partial charge < -0.3 is 5.32 Å². The zero-order valence-electron chi connectivity index (χ0n) is 11.2. The number of rotatable bonds is 4. The molecule has 0 aromatic carbocycles. The molecule has 0 aromatic rings. The van der Waals surface area contributed by atoms with E-state index in [1.54, 1.807) is 0 Å². The van der Waals surface area contributed by atoms with E-state index in [0.29, 0.717) is 18.1 Å². The highest BCUT2D eigenvalue weighted by molar-refractivity contribution is 5.81. The van der Waals surface area contributed by atoms with Gasteiger partial charge in [-0.05, 0) is 46.5 Å². The minimum absolute atomic E-state index is 0.126. The van der Waals surface area contributed by atoms with Crippen LogP contribution in [0.25, 0.3) is 0 Å². The van der Waals surface area contributed by atoms with Crippen LogP contribution in [-0.2, 0) is 4.79 Å². The predicted molar refractivity (Wildman–Crippen MR) is 68.4 cm³/mol. The van der Waals surface area contributed by atoms with Crippen LogP contribution < -0.4 is 10.7 Å². The number of amides is 1. The van der Waals surface area contributed by atoms with Gasteiger partial charge in [-0.3, -0.25) is 4.79 Å². The highest BCUT2D eigenvalue weighted by atomic mass is 16.2. The van der Waals surface area contributed by atoms with Crippen molar-refractivity contribution in [3.05, 3.63) is 0 Å². The first-order valence-corrected chi connectivity index (χ1v) is 6.93. The Bertz CT molecular complexity index is 268. The van der Waals surface area contributed by atoms with E-state index in [0.717, 1.165) is 12.8 Å². The molecule has 4 nitrogen and oxygen atoms in total. The molecule has 98 valence electrons. The molecule has 1 aliphatic carbocycles. The third-order valence-electron chi connectivity index (χ3n) is 3.85. The standard InChI is InChI=1S/C13H25N3O/c1-9-5-4-6-10(2)16(9)15-11(3)13(17)14-12-7-8-12/h9-12,15H,4-8H2,1-3H3,(H,14,17). The Hall–Kier alpha value is -0.610. The quantitative estimate of drug-likeness (QED) is 0.780. The van der Waals surface area contributed by atoms with Crippen LogP contribution in [0.3, 0.4) is 0 Å². The summed E-state index contributed by atoms with van der Waals surface area (Å²) in [6.07, 6.45) is 6.02. The van der Waals surface area contributed by atoms with Gasteiger partial charge in [0.15, 0.2) is 0 Å². The lowest BCUT2D eigenvalue weighted by molar-refractivity contribution is -0.125. The zero-order valence-corrected chi connectivity index (χ0v) is 11.2. The summed E-state index contributed by atoms with van der Waals surface area (Å²) < 4.78 is 0. The largest absolute Gasteiger partial charge is 0.352 e. The topological polar surface area (TPSA) is 44.4 Å². The molecule has 0 spiro atoms. The average Bonchev–Trinajstić information content (AvgIpc) is 3.07. The van der Waals surface area contributed by atoms with Crippen molar-refractivity contribution < 1.29 is 4.79 Å². The first-order chi connectivity index (χ1) is 8.08. The predicted octanol–water partition coefficient (Wildman–Crippen LogP) is 1.42. The number of nitrogens with one attached hydrogen (secondary N) is 2. The highest BCUT2D eigenvalue weighted by Gasteiger charge is 2.29. The van der Waals surface area contributed by atoms with E-state index in [2.05, 4.69) is 29.6 Å². The van der Waals surface area contributed by atoms with Gasteiger partial charge in [0.2, 0.25) is 5.91 Å². The average molecular weight is 239 g/mol. The van der Waals surface area contributed by atoms with Crippen LogP contribution in [0.15, 0.2) is 0 Å². The Morgan fingerprint density at radius 1 is 1.18 bits per heavy atom. The summed E-state index contributed by atoms with van der Waals surface area (Å²) in [6.45, 7) is 6.41. The number of hydrazine groups is 1. The Labute approximate surface area is 104 Å². The Morgan fingerprint density at radius 3 is 2.29 bits per heavy atom. The molecule has 17 heavy (non-hydrogen) atoms. The van der Waals surface area contributed by atoms with Gasteiger partial charge in [-0.2, -0.15) is 0 Å². The molecule has 1 amide bonds. The molecule has 1 heterocycles. The molecule has 1 aliphatic heterocycles. The second-order valence-corrected chi connectivity index (χ2v) is 5.67. The van der Waals surface area contributed by atoms with Crippen LogP contribution in [0.5, 0.6) is 0 Å². The smallest absolute Gasteiger partial charge is 0.238 e. The monoisotopic (exact) mass is 239 g/mol. The van der Waals surface area contributed by atoms with E-state index in [9.17, 15) is 4.79 Å². The number of piperidine rings is 1. The van der Waals surface area contributed by atoms with Gasteiger partial charge in [0, 0.05) is 18.1 Å². The molecule has 1 saturated carbocycles. The molecule has 1 saturated heterocycles. The van der Waals surface area contributed by atoms with Crippen LogP contribution in [-0.4, -0.2) is 35.1 Å². The second kappa shape index (κ2) is 5.36. The molecule has 3 unspecified atom stereocenters. The number of carbonyl (C=O) groups excluding carboxylic acids is 1. The molecule has 2 N–H and O–H groups in total. The molecule has 3 atom stereocenters. The lowest BCUT2D eigenvalue weighted by Crippen LogP contribution is -2.58. The Morgan fingerprint density at radius 2 is 1.76 bits per heavy atom. The van der Waals surface area contributed by atoms with Crippen LogP contribution in [0.2, 0.25) is 0 Å². The molecule has 0 bridgehead atoms. The third kappa shape index (κ3) is 3.42. The molecule has 2 fully saturated rings. The summed E-state index contributed by atoms with van der Waals surface area (Å²) in [5.41, 5.74) is 3.37. The fourth-order valence-corrected chi connectivity index (χ4v) is 2.51. The van der Waals surface area contributed by atoms with E-state index in [1.165, 1.54) is 19.3 Å². The number of hydrogen-bond donors (Lipinski definition) is 2. The summed E-state index contributed by atoms with van der Waals surface area (Å²) in [7, 11) is 0. The summed E-state index contributed by atoms with van der Waals surface area (Å²) in [4.78, 5) is 11.9. The molecule has 0 aromatic heterocycles. The van der Waals surface area contributed by atoms with Gasteiger partial charge in [-0.25, -0.2) is 10.4 Å². The molecular formula is C13H25N3O. The van der Waals surface area contributed by atoms with Gasteiger partial charge in [0.1, 0.15) is 0 Å². The molecule has 2 rings (SSSR count). The maximum Gasteiger partial charge on any atom is 0.238 e. The van der Waals surface area contributed by atoms with Crippen molar-refractivity contribution in [3.63, 3.8) is 0 Å². The normalized spacial score (nSPS) is 32.2. The van der Waals surface area contributed by atoms with Crippen LogP contribution in [0.4, 0.5) is 0 Å². The molecule has 2 aliphatic rings. The molecule has 0 radical (unpaired) electrons. The van der Waals surface area contributed by atoms with Crippen LogP contribution in [0, 0.1) is 0 Å². The van der Waals surface area contributed by atoms with E-state index in [1.807, 2.05) is 6.92 Å². The van der Waals surface area contributed by atoms with Gasteiger partial charge in [-0.1, -0.05) is 6.42 Å². The molecular weight excluding hydrogens is 214 g/mol. The van der Waals surface area contributed by atoms with Crippen molar-refractivity contribution in [2.24, 2.45) is 0 Å². The summed E-state index contributed by atoms with van der Waals surface area (Å²) in [5, 5.41) is 5.31. The summed E-state index contributed by atoms with van der Waals surface area (Å²) in [5.74, 6) is 0.137. The molecule has 4 heteroatoms. The van der Waals surface area contributed by atoms with E-state index >= 15 is 0 Å². The maximum absolute atomic E-state index is 11.9. The summed E-state index contributed by atoms with van der Waals surface area (Å²) >= 11 is 0. The second-order valence-electron chi connectivity index (χ2n) is 5.67. The van der Waals surface area contributed by atoms with Gasteiger partial charge >= 0.3 is 0 Å². The fraction of sp³-hybridized carbons (Fsp3) is 0.923. The number of hydrogen-bond acceptors (Lipinski definition) is 3. The fourth-order valence-electron chi connectivity index (χ4n) is 2.51. The van der Waals surface area contributed by atoms with Gasteiger partial charge in [0.05, 0.1) is 6.04 Å². The summed E-state index contributed by atoms with van der Waals surface area (Å²) in [6, 6.07) is 1.37. The SMILES string of the molecule is CC(NN1C(C)CCCC1C)C(=O)NC1CC1. The van der Waals surface area contributed by atoms with Crippen molar-refractivity contribution >= 4 is 5.91 Å². The van der Waals surface area contributed by atoms with E-state index < -0.39 is 0 Å². The van der Waals surface area contributed by atoms with Crippen LogP contribution in [0.1, 0.15) is 52.9 Å². The van der Waals surface area contributed by atoms with Crippen molar-refractivity contribution in [2.75, 3.05) is 0 Å². The minimum Gasteiger partial charge on any atom is -0.352 e. The highest BCUT2D eigenvalue weighted by Crippen LogP contribution is 2.21. The zero-order chi connectivity index (χ0) is 12.4. The number of nitrogens with zero attached hydrogens (tertiary/aromatic N) is 1. The Balaban J connectivity index is 1.82.